The molecule has 0 aliphatic rings. The minimum atomic E-state index is -0.264. The van der Waals surface area contributed by atoms with Gasteiger partial charge in [-0.25, -0.2) is 4.98 Å². The molecule has 1 N–H and O–H groups in total. The molecular weight excluding hydrogens is 266 g/mol. The van der Waals surface area contributed by atoms with Gasteiger partial charge in [0.25, 0.3) is 5.91 Å². The molecule has 2 heterocycles. The van der Waals surface area contributed by atoms with E-state index in [2.05, 4.69) is 15.3 Å². The third kappa shape index (κ3) is 2.97. The third-order valence-electron chi connectivity index (χ3n) is 3.02. The molecule has 104 valence electrons. The van der Waals surface area contributed by atoms with Crippen LogP contribution >= 0.6 is 0 Å². The Hall–Kier alpha value is -2.95. The fraction of sp³-hybridized carbons (Fsp3) is 0.0625. The summed E-state index contributed by atoms with van der Waals surface area (Å²) in [7, 11) is 0. The van der Waals surface area contributed by atoms with Crippen molar-refractivity contribution >= 4 is 5.91 Å². The first-order chi connectivity index (χ1) is 10.3. The molecule has 1 aromatic carbocycles. The second-order valence-corrected chi connectivity index (χ2v) is 4.43. The highest BCUT2D eigenvalue weighted by molar-refractivity contribution is 5.97. The zero-order valence-corrected chi connectivity index (χ0v) is 11.2. The van der Waals surface area contributed by atoms with Crippen molar-refractivity contribution in [3.63, 3.8) is 0 Å². The Bertz CT molecular complexity index is 724. The van der Waals surface area contributed by atoms with Crippen LogP contribution in [0.4, 0.5) is 0 Å². The van der Waals surface area contributed by atoms with E-state index in [1.807, 2.05) is 42.5 Å². The zero-order valence-electron chi connectivity index (χ0n) is 11.2. The third-order valence-corrected chi connectivity index (χ3v) is 3.02. The predicted molar refractivity (Wildman–Crippen MR) is 77.3 cm³/mol. The van der Waals surface area contributed by atoms with E-state index in [0.717, 1.165) is 11.1 Å². The van der Waals surface area contributed by atoms with Gasteiger partial charge >= 0.3 is 0 Å². The molecule has 0 unspecified atom stereocenters. The summed E-state index contributed by atoms with van der Waals surface area (Å²) in [6.07, 6.45) is 4.66. The van der Waals surface area contributed by atoms with Crippen LogP contribution in [0.5, 0.6) is 0 Å². The predicted octanol–water partition coefficient (Wildman–Crippen LogP) is 2.67. The SMILES string of the molecule is O=C(NCc1ccncc1)c1ncoc1-c1ccccc1. The molecule has 1 amide bonds. The van der Waals surface area contributed by atoms with Gasteiger partial charge in [-0.05, 0) is 17.7 Å². The summed E-state index contributed by atoms with van der Waals surface area (Å²) in [5.74, 6) is 0.210. The highest BCUT2D eigenvalue weighted by Gasteiger charge is 2.17. The number of nitrogens with one attached hydrogen (secondary N) is 1. The van der Waals surface area contributed by atoms with Gasteiger partial charge in [-0.15, -0.1) is 0 Å². The number of amides is 1. The van der Waals surface area contributed by atoms with E-state index >= 15 is 0 Å². The molecule has 0 aliphatic carbocycles. The van der Waals surface area contributed by atoms with Gasteiger partial charge in [-0.3, -0.25) is 9.78 Å². The molecule has 21 heavy (non-hydrogen) atoms. The average molecular weight is 279 g/mol. The quantitative estimate of drug-likeness (QED) is 0.797. The van der Waals surface area contributed by atoms with Gasteiger partial charge in [0, 0.05) is 24.5 Å². The van der Waals surface area contributed by atoms with Crippen LogP contribution in [-0.4, -0.2) is 15.9 Å². The number of aromatic nitrogens is 2. The molecule has 3 rings (SSSR count). The van der Waals surface area contributed by atoms with E-state index in [0.29, 0.717) is 12.3 Å². The summed E-state index contributed by atoms with van der Waals surface area (Å²) in [6.45, 7) is 0.419. The van der Waals surface area contributed by atoms with Crippen LogP contribution in [0.2, 0.25) is 0 Å². The smallest absolute Gasteiger partial charge is 0.274 e. The Morgan fingerprint density at radius 1 is 1.10 bits per heavy atom. The lowest BCUT2D eigenvalue weighted by atomic mass is 10.1. The van der Waals surface area contributed by atoms with Crippen molar-refractivity contribution in [1.29, 1.82) is 0 Å². The van der Waals surface area contributed by atoms with E-state index in [1.165, 1.54) is 6.39 Å². The first-order valence-electron chi connectivity index (χ1n) is 6.50. The van der Waals surface area contributed by atoms with Gasteiger partial charge in [-0.2, -0.15) is 0 Å². The van der Waals surface area contributed by atoms with Crippen molar-refractivity contribution in [1.82, 2.24) is 15.3 Å². The number of hydrogen-bond donors (Lipinski definition) is 1. The van der Waals surface area contributed by atoms with E-state index in [9.17, 15) is 4.79 Å². The molecule has 0 bridgehead atoms. The fourth-order valence-corrected chi connectivity index (χ4v) is 1.97. The summed E-state index contributed by atoms with van der Waals surface area (Å²) in [5.41, 5.74) is 2.09. The maximum atomic E-state index is 12.2. The molecule has 3 aromatic rings. The summed E-state index contributed by atoms with van der Waals surface area (Å²) >= 11 is 0. The second kappa shape index (κ2) is 6.00. The number of rotatable bonds is 4. The Morgan fingerprint density at radius 2 is 1.86 bits per heavy atom. The van der Waals surface area contributed by atoms with E-state index in [4.69, 9.17) is 4.42 Å². The number of pyridine rings is 1. The number of carbonyl (C=O) groups excluding carboxylic acids is 1. The maximum absolute atomic E-state index is 12.2. The molecule has 0 aliphatic heterocycles. The maximum Gasteiger partial charge on any atom is 0.274 e. The standard InChI is InChI=1S/C16H13N3O2/c20-16(18-10-12-6-8-17-9-7-12)14-15(21-11-19-14)13-4-2-1-3-5-13/h1-9,11H,10H2,(H,18,20). The van der Waals surface area contributed by atoms with Crippen LogP contribution in [0.25, 0.3) is 11.3 Å². The summed E-state index contributed by atoms with van der Waals surface area (Å²) < 4.78 is 5.34. The van der Waals surface area contributed by atoms with Gasteiger partial charge in [0.15, 0.2) is 17.8 Å². The fourth-order valence-electron chi connectivity index (χ4n) is 1.97. The number of hydrogen-bond acceptors (Lipinski definition) is 4. The second-order valence-electron chi connectivity index (χ2n) is 4.43. The molecule has 0 saturated heterocycles. The number of carbonyl (C=O) groups is 1. The molecule has 5 heteroatoms. The molecule has 0 saturated carbocycles. The van der Waals surface area contributed by atoms with Crippen LogP contribution < -0.4 is 5.32 Å². The summed E-state index contributed by atoms with van der Waals surface area (Å²) in [4.78, 5) is 20.2. The van der Waals surface area contributed by atoms with Gasteiger partial charge in [0.05, 0.1) is 0 Å². The van der Waals surface area contributed by atoms with Crippen LogP contribution in [0.3, 0.4) is 0 Å². The highest BCUT2D eigenvalue weighted by Crippen LogP contribution is 2.22. The lowest BCUT2D eigenvalue weighted by molar-refractivity contribution is 0.0947. The molecule has 5 nitrogen and oxygen atoms in total. The molecule has 2 aromatic heterocycles. The normalized spacial score (nSPS) is 10.3. The van der Waals surface area contributed by atoms with E-state index < -0.39 is 0 Å². The lowest BCUT2D eigenvalue weighted by Crippen LogP contribution is -2.23. The molecule has 0 spiro atoms. The first-order valence-corrected chi connectivity index (χ1v) is 6.50. The zero-order chi connectivity index (χ0) is 14.5. The molecule has 0 atom stereocenters. The van der Waals surface area contributed by atoms with Crippen molar-refractivity contribution in [2.24, 2.45) is 0 Å². The van der Waals surface area contributed by atoms with Crippen molar-refractivity contribution < 1.29 is 9.21 Å². The highest BCUT2D eigenvalue weighted by atomic mass is 16.3. The van der Waals surface area contributed by atoms with Gasteiger partial charge < -0.3 is 9.73 Å². The Kier molecular flexibility index (Phi) is 3.73. The number of benzene rings is 1. The van der Waals surface area contributed by atoms with E-state index in [-0.39, 0.29) is 11.6 Å². The number of oxazole rings is 1. The molecular formula is C16H13N3O2. The first kappa shape index (κ1) is 13.1. The van der Waals surface area contributed by atoms with Crippen LogP contribution in [0, 0.1) is 0 Å². The topological polar surface area (TPSA) is 68.0 Å². The summed E-state index contributed by atoms with van der Waals surface area (Å²) in [5, 5.41) is 2.82. The van der Waals surface area contributed by atoms with Gasteiger partial charge in [-0.1, -0.05) is 30.3 Å². The molecule has 0 radical (unpaired) electrons. The minimum Gasteiger partial charge on any atom is -0.443 e. The van der Waals surface area contributed by atoms with Gasteiger partial charge in [0.2, 0.25) is 0 Å². The van der Waals surface area contributed by atoms with Crippen molar-refractivity contribution in [3.05, 3.63) is 72.5 Å². The Labute approximate surface area is 121 Å². The van der Waals surface area contributed by atoms with Crippen LogP contribution in [0.1, 0.15) is 16.1 Å². The van der Waals surface area contributed by atoms with Crippen molar-refractivity contribution in [3.8, 4) is 11.3 Å². The average Bonchev–Trinajstić information content (AvgIpc) is 3.04. The van der Waals surface area contributed by atoms with Crippen LogP contribution in [-0.2, 0) is 6.54 Å². The van der Waals surface area contributed by atoms with Crippen molar-refractivity contribution in [2.75, 3.05) is 0 Å². The number of nitrogens with zero attached hydrogens (tertiary/aromatic N) is 2. The van der Waals surface area contributed by atoms with Crippen LogP contribution in [0.15, 0.2) is 65.7 Å². The monoisotopic (exact) mass is 279 g/mol. The largest absolute Gasteiger partial charge is 0.443 e. The molecule has 0 fully saturated rings. The van der Waals surface area contributed by atoms with Crippen molar-refractivity contribution in [2.45, 2.75) is 6.54 Å². The Balaban J connectivity index is 1.76. The lowest BCUT2D eigenvalue weighted by Gasteiger charge is -2.04. The minimum absolute atomic E-state index is 0.264. The Morgan fingerprint density at radius 3 is 2.62 bits per heavy atom. The summed E-state index contributed by atoms with van der Waals surface area (Å²) in [6, 6.07) is 13.1. The van der Waals surface area contributed by atoms with E-state index in [1.54, 1.807) is 12.4 Å². The van der Waals surface area contributed by atoms with Gasteiger partial charge in [0.1, 0.15) is 0 Å².